The fourth-order valence-corrected chi connectivity index (χ4v) is 4.57. The van der Waals surface area contributed by atoms with E-state index in [2.05, 4.69) is 17.0 Å². The molecular weight excluding hydrogens is 522 g/mol. The maximum Gasteiger partial charge on any atom is 0.433 e. The van der Waals surface area contributed by atoms with Crippen molar-refractivity contribution in [2.75, 3.05) is 11.6 Å². The van der Waals surface area contributed by atoms with Gasteiger partial charge in [-0.1, -0.05) is 49.4 Å². The maximum atomic E-state index is 14.5. The molecule has 38 heavy (non-hydrogen) atoms. The van der Waals surface area contributed by atoms with E-state index in [0.717, 1.165) is 12.3 Å². The van der Waals surface area contributed by atoms with Crippen molar-refractivity contribution in [1.29, 1.82) is 0 Å². The molecule has 0 aliphatic rings. The standard InChI is InChI=1S/C27H27F4N3O3S/c1-5-22(28)17(2)15-18(3)24-25(19-11-13-21(14-12-19)38(4,36)37)33-34(26(24)27(29,30)31)16-23(35)32-20-9-7-6-8-10-20/h5-15,17,22H,1,16H2,2-4H3,(H,32,35)/b18-15+. The molecule has 1 N–H and O–H groups in total. The molecule has 0 saturated carbocycles. The van der Waals surface area contributed by atoms with Gasteiger partial charge in [0.25, 0.3) is 0 Å². The molecule has 0 bridgehead atoms. The molecule has 2 unspecified atom stereocenters. The highest BCUT2D eigenvalue weighted by molar-refractivity contribution is 7.90. The Morgan fingerprint density at radius 3 is 2.26 bits per heavy atom. The number of halogens is 4. The summed E-state index contributed by atoms with van der Waals surface area (Å²) in [4.78, 5) is 12.6. The molecule has 2 aromatic carbocycles. The number of anilines is 1. The molecule has 0 aliphatic carbocycles. The number of para-hydroxylation sites is 1. The minimum atomic E-state index is -4.92. The lowest BCUT2D eigenvalue weighted by Crippen LogP contribution is -2.24. The highest BCUT2D eigenvalue weighted by Crippen LogP contribution is 2.41. The summed E-state index contributed by atoms with van der Waals surface area (Å²) in [5, 5.41) is 6.68. The topological polar surface area (TPSA) is 81.1 Å². The third-order valence-corrected chi connectivity index (χ3v) is 6.89. The molecule has 6 nitrogen and oxygen atoms in total. The van der Waals surface area contributed by atoms with Gasteiger partial charge in [0.2, 0.25) is 5.91 Å². The van der Waals surface area contributed by atoms with E-state index in [1.54, 1.807) is 30.3 Å². The predicted molar refractivity (Wildman–Crippen MR) is 139 cm³/mol. The van der Waals surface area contributed by atoms with E-state index >= 15 is 0 Å². The molecular formula is C27H27F4N3O3S. The van der Waals surface area contributed by atoms with Crippen LogP contribution in [-0.2, 0) is 27.4 Å². The lowest BCUT2D eigenvalue weighted by atomic mass is 9.95. The van der Waals surface area contributed by atoms with Crippen molar-refractivity contribution in [1.82, 2.24) is 9.78 Å². The van der Waals surface area contributed by atoms with Gasteiger partial charge < -0.3 is 5.32 Å². The summed E-state index contributed by atoms with van der Waals surface area (Å²) in [6.07, 6.45) is -3.01. The molecule has 1 heterocycles. The number of alkyl halides is 4. The Balaban J connectivity index is 2.19. The number of nitrogens with zero attached hydrogens (tertiary/aromatic N) is 2. The first-order valence-electron chi connectivity index (χ1n) is 11.5. The molecule has 0 fully saturated rings. The molecule has 2 atom stereocenters. The molecule has 202 valence electrons. The van der Waals surface area contributed by atoms with Crippen LogP contribution in [0.15, 0.2) is 78.2 Å². The molecule has 0 aliphatic heterocycles. The first-order valence-corrected chi connectivity index (χ1v) is 13.4. The second-order valence-electron chi connectivity index (χ2n) is 8.83. The number of rotatable bonds is 9. The van der Waals surface area contributed by atoms with Crippen molar-refractivity contribution >= 4 is 27.0 Å². The number of nitrogens with one attached hydrogen (secondary N) is 1. The van der Waals surface area contributed by atoms with Gasteiger partial charge in [-0.15, -0.1) is 6.58 Å². The Morgan fingerprint density at radius 1 is 1.13 bits per heavy atom. The summed E-state index contributed by atoms with van der Waals surface area (Å²) in [5.41, 5.74) is -0.955. The van der Waals surface area contributed by atoms with Crippen LogP contribution in [0.1, 0.15) is 25.1 Å². The van der Waals surface area contributed by atoms with Gasteiger partial charge in [-0.3, -0.25) is 4.79 Å². The SMILES string of the molecule is C=CC(F)C(C)/C=C(\C)c1c(-c2ccc(S(C)(=O)=O)cc2)nn(CC(=O)Nc2ccccc2)c1C(F)(F)F. The van der Waals surface area contributed by atoms with Crippen molar-refractivity contribution in [2.24, 2.45) is 5.92 Å². The van der Waals surface area contributed by atoms with E-state index in [0.29, 0.717) is 10.4 Å². The molecule has 3 aromatic rings. The molecule has 0 spiro atoms. The second kappa shape index (κ2) is 11.3. The van der Waals surface area contributed by atoms with Crippen LogP contribution in [0.25, 0.3) is 16.8 Å². The van der Waals surface area contributed by atoms with Gasteiger partial charge in [0.05, 0.1) is 4.90 Å². The Hall–Kier alpha value is -3.73. The molecule has 11 heteroatoms. The van der Waals surface area contributed by atoms with Crippen LogP contribution in [0.2, 0.25) is 0 Å². The van der Waals surface area contributed by atoms with Gasteiger partial charge in [-0.25, -0.2) is 17.5 Å². The van der Waals surface area contributed by atoms with Crippen molar-refractivity contribution in [3.05, 3.63) is 84.6 Å². The minimum absolute atomic E-state index is 0.0207. The van der Waals surface area contributed by atoms with Crippen LogP contribution in [0.3, 0.4) is 0 Å². The summed E-state index contributed by atoms with van der Waals surface area (Å²) in [7, 11) is -3.55. The van der Waals surface area contributed by atoms with Crippen molar-refractivity contribution in [3.8, 4) is 11.3 Å². The average Bonchev–Trinajstić information content (AvgIpc) is 3.23. The smallest absolute Gasteiger partial charge is 0.324 e. The van der Waals surface area contributed by atoms with Gasteiger partial charge in [0, 0.05) is 29.0 Å². The summed E-state index contributed by atoms with van der Waals surface area (Å²) in [6, 6.07) is 13.4. The van der Waals surface area contributed by atoms with E-state index in [1.807, 2.05) is 0 Å². The average molecular weight is 550 g/mol. The predicted octanol–water partition coefficient (Wildman–Crippen LogP) is 6.17. The number of benzene rings is 2. The Bertz CT molecular complexity index is 1450. The van der Waals surface area contributed by atoms with E-state index in [1.165, 1.54) is 44.2 Å². The zero-order chi connectivity index (χ0) is 28.3. The number of hydrogen-bond donors (Lipinski definition) is 1. The number of carbonyl (C=O) groups is 1. The number of allylic oxidation sites excluding steroid dienone is 3. The van der Waals surface area contributed by atoms with E-state index in [9.17, 15) is 30.8 Å². The molecule has 1 aromatic heterocycles. The maximum absolute atomic E-state index is 14.5. The van der Waals surface area contributed by atoms with Crippen LogP contribution in [0, 0.1) is 5.92 Å². The van der Waals surface area contributed by atoms with E-state index in [-0.39, 0.29) is 27.3 Å². The first-order chi connectivity index (χ1) is 17.7. The van der Waals surface area contributed by atoms with Crippen molar-refractivity contribution in [2.45, 2.75) is 37.6 Å². The highest BCUT2D eigenvalue weighted by Gasteiger charge is 2.41. The third kappa shape index (κ3) is 6.77. The third-order valence-electron chi connectivity index (χ3n) is 5.76. The monoisotopic (exact) mass is 549 g/mol. The molecule has 0 saturated heterocycles. The second-order valence-corrected chi connectivity index (χ2v) is 10.8. The van der Waals surface area contributed by atoms with Crippen LogP contribution in [-0.4, -0.2) is 36.5 Å². The summed E-state index contributed by atoms with van der Waals surface area (Å²) < 4.78 is 81.9. The lowest BCUT2D eigenvalue weighted by molar-refractivity contribution is -0.144. The van der Waals surface area contributed by atoms with Crippen LogP contribution in [0.5, 0.6) is 0 Å². The number of carbonyl (C=O) groups excluding carboxylic acids is 1. The van der Waals surface area contributed by atoms with Crippen LogP contribution in [0.4, 0.5) is 23.2 Å². The summed E-state index contributed by atoms with van der Waals surface area (Å²) in [6.45, 7) is 5.54. The van der Waals surface area contributed by atoms with Crippen molar-refractivity contribution in [3.63, 3.8) is 0 Å². The molecule has 3 rings (SSSR count). The van der Waals surface area contributed by atoms with Crippen molar-refractivity contribution < 1.29 is 30.8 Å². The van der Waals surface area contributed by atoms with Gasteiger partial charge in [-0.05, 0) is 36.8 Å². The summed E-state index contributed by atoms with van der Waals surface area (Å²) >= 11 is 0. The molecule has 1 amide bonds. The van der Waals surface area contributed by atoms with Gasteiger partial charge in [0.15, 0.2) is 15.5 Å². The number of sulfone groups is 1. The van der Waals surface area contributed by atoms with Crippen LogP contribution < -0.4 is 5.32 Å². The fraction of sp³-hybridized carbons (Fsp3) is 0.259. The van der Waals surface area contributed by atoms with Gasteiger partial charge >= 0.3 is 6.18 Å². The minimum Gasteiger partial charge on any atom is -0.324 e. The number of amides is 1. The van der Waals surface area contributed by atoms with Gasteiger partial charge in [-0.2, -0.15) is 18.3 Å². The largest absolute Gasteiger partial charge is 0.433 e. The molecule has 0 radical (unpaired) electrons. The zero-order valence-corrected chi connectivity index (χ0v) is 21.8. The first kappa shape index (κ1) is 28.8. The highest BCUT2D eigenvalue weighted by atomic mass is 32.2. The summed E-state index contributed by atoms with van der Waals surface area (Å²) in [5.74, 6) is -1.53. The van der Waals surface area contributed by atoms with E-state index < -0.39 is 46.2 Å². The fourth-order valence-electron chi connectivity index (χ4n) is 3.94. The Labute approximate surface area is 218 Å². The number of aromatic nitrogens is 2. The van der Waals surface area contributed by atoms with E-state index in [4.69, 9.17) is 0 Å². The number of hydrogen-bond acceptors (Lipinski definition) is 4. The zero-order valence-electron chi connectivity index (χ0n) is 21.0. The quantitative estimate of drug-likeness (QED) is 0.256. The van der Waals surface area contributed by atoms with Gasteiger partial charge in [0.1, 0.15) is 18.4 Å². The van der Waals surface area contributed by atoms with Crippen LogP contribution >= 0.6 is 0 Å². The Morgan fingerprint density at radius 2 is 1.74 bits per heavy atom. The Kier molecular flexibility index (Phi) is 8.61. The normalized spacial score (nSPS) is 14.1. The lowest BCUT2D eigenvalue weighted by Gasteiger charge is -2.15.